The Labute approximate surface area is 142 Å². The third-order valence-corrected chi connectivity index (χ3v) is 4.95. The van der Waals surface area contributed by atoms with Gasteiger partial charge in [0.25, 0.3) is 5.91 Å². The Balaban J connectivity index is 1.77. The molecule has 6 heteroatoms. The second kappa shape index (κ2) is 6.13. The first-order valence-corrected chi connectivity index (χ1v) is 8.65. The zero-order valence-electron chi connectivity index (χ0n) is 13.2. The molecule has 0 saturated carbocycles. The smallest absolute Gasteiger partial charge is 0.279 e. The number of carbonyl (C=O) groups is 1. The first-order chi connectivity index (χ1) is 11.8. The van der Waals surface area contributed by atoms with Gasteiger partial charge in [-0.2, -0.15) is 4.99 Å². The average molecular weight is 340 g/mol. The van der Waals surface area contributed by atoms with E-state index in [1.54, 1.807) is 18.2 Å². The van der Waals surface area contributed by atoms with Crippen molar-refractivity contribution in [2.45, 2.75) is 13.5 Å². The van der Waals surface area contributed by atoms with E-state index in [4.69, 9.17) is 9.47 Å². The van der Waals surface area contributed by atoms with Gasteiger partial charge in [-0.05, 0) is 37.3 Å². The van der Waals surface area contributed by atoms with Gasteiger partial charge in [0.05, 0.1) is 10.2 Å². The lowest BCUT2D eigenvalue weighted by Gasteiger charge is -2.18. The molecule has 5 nitrogen and oxygen atoms in total. The van der Waals surface area contributed by atoms with E-state index < -0.39 is 0 Å². The van der Waals surface area contributed by atoms with Crippen molar-refractivity contribution < 1.29 is 14.3 Å². The molecule has 0 saturated heterocycles. The van der Waals surface area contributed by atoms with Crippen LogP contribution in [0.15, 0.2) is 47.5 Å². The van der Waals surface area contributed by atoms with Gasteiger partial charge in [-0.25, -0.2) is 0 Å². The molecule has 0 unspecified atom stereocenters. The maximum absolute atomic E-state index is 12.6. The number of nitrogens with zero attached hydrogens (tertiary/aromatic N) is 2. The second-order valence-corrected chi connectivity index (χ2v) is 6.38. The number of thiazole rings is 1. The molecular formula is C18H16N2O3S. The lowest BCUT2D eigenvalue weighted by atomic mass is 10.2. The van der Waals surface area contributed by atoms with Crippen LogP contribution in [0.4, 0.5) is 0 Å². The first-order valence-electron chi connectivity index (χ1n) is 7.83. The van der Waals surface area contributed by atoms with Crippen LogP contribution < -0.4 is 14.3 Å². The predicted molar refractivity (Wildman–Crippen MR) is 92.8 cm³/mol. The lowest BCUT2D eigenvalue weighted by Crippen LogP contribution is -2.17. The van der Waals surface area contributed by atoms with Crippen LogP contribution in [-0.2, 0) is 6.54 Å². The van der Waals surface area contributed by atoms with Crippen molar-refractivity contribution in [3.05, 3.63) is 52.8 Å². The fourth-order valence-corrected chi connectivity index (χ4v) is 3.83. The molecule has 2 heterocycles. The molecule has 0 aliphatic carbocycles. The van der Waals surface area contributed by atoms with Crippen molar-refractivity contribution >= 4 is 27.5 Å². The summed E-state index contributed by atoms with van der Waals surface area (Å²) in [6.07, 6.45) is 0. The molecule has 0 fully saturated rings. The van der Waals surface area contributed by atoms with E-state index in [-0.39, 0.29) is 5.91 Å². The largest absolute Gasteiger partial charge is 0.486 e. The van der Waals surface area contributed by atoms with Crippen LogP contribution in [0.25, 0.3) is 10.2 Å². The average Bonchev–Trinajstić information content (AvgIpc) is 2.98. The number of amides is 1. The maximum Gasteiger partial charge on any atom is 0.279 e. The van der Waals surface area contributed by atoms with Crippen molar-refractivity contribution in [3.8, 4) is 11.5 Å². The summed E-state index contributed by atoms with van der Waals surface area (Å²) < 4.78 is 14.2. The quantitative estimate of drug-likeness (QED) is 0.720. The summed E-state index contributed by atoms with van der Waals surface area (Å²) in [5.74, 6) is 0.992. The molecule has 0 N–H and O–H groups in total. The lowest BCUT2D eigenvalue weighted by molar-refractivity contribution is 0.0996. The number of rotatable bonds is 2. The molecule has 1 aromatic heterocycles. The van der Waals surface area contributed by atoms with E-state index >= 15 is 0 Å². The fourth-order valence-electron chi connectivity index (χ4n) is 2.74. The van der Waals surface area contributed by atoms with Crippen molar-refractivity contribution in [1.29, 1.82) is 0 Å². The summed E-state index contributed by atoms with van der Waals surface area (Å²) in [5.41, 5.74) is 1.60. The third-order valence-electron chi connectivity index (χ3n) is 3.89. The Morgan fingerprint density at radius 3 is 2.79 bits per heavy atom. The van der Waals surface area contributed by atoms with Crippen LogP contribution in [-0.4, -0.2) is 23.7 Å². The summed E-state index contributed by atoms with van der Waals surface area (Å²) in [4.78, 5) is 17.6. The molecule has 0 atom stereocenters. The Bertz CT molecular complexity index is 987. The summed E-state index contributed by atoms with van der Waals surface area (Å²) >= 11 is 1.52. The number of hydrogen-bond acceptors (Lipinski definition) is 4. The highest BCUT2D eigenvalue weighted by Crippen LogP contribution is 2.30. The molecule has 3 aromatic rings. The van der Waals surface area contributed by atoms with E-state index in [9.17, 15) is 4.79 Å². The fraction of sp³-hybridized carbons (Fsp3) is 0.222. The molecule has 0 radical (unpaired) electrons. The summed E-state index contributed by atoms with van der Waals surface area (Å²) in [5, 5.41) is 0. The van der Waals surface area contributed by atoms with Gasteiger partial charge in [-0.15, -0.1) is 0 Å². The number of fused-ring (bicyclic) bond motifs is 2. The zero-order valence-corrected chi connectivity index (χ0v) is 14.0. The standard InChI is InChI=1S/C18H16N2O3S/c1-2-20-13-5-3-4-6-16(13)24-18(20)19-17(21)12-7-8-14-15(11-12)23-10-9-22-14/h3-8,11H,2,9-10H2,1H3. The number of aryl methyl sites for hydroxylation is 1. The summed E-state index contributed by atoms with van der Waals surface area (Å²) in [7, 11) is 0. The van der Waals surface area contributed by atoms with Crippen LogP contribution in [0.5, 0.6) is 11.5 Å². The molecule has 0 spiro atoms. The molecule has 24 heavy (non-hydrogen) atoms. The topological polar surface area (TPSA) is 52.8 Å². The van der Waals surface area contributed by atoms with E-state index in [1.807, 2.05) is 31.2 Å². The Hall–Kier alpha value is -2.60. The number of aromatic nitrogens is 1. The number of benzene rings is 2. The van der Waals surface area contributed by atoms with E-state index in [1.165, 1.54) is 11.3 Å². The first kappa shape index (κ1) is 15.0. The second-order valence-electron chi connectivity index (χ2n) is 5.37. The molecule has 1 aliphatic rings. The van der Waals surface area contributed by atoms with Gasteiger partial charge < -0.3 is 14.0 Å². The van der Waals surface area contributed by atoms with Crippen molar-refractivity contribution in [1.82, 2.24) is 4.57 Å². The Morgan fingerprint density at radius 1 is 1.17 bits per heavy atom. The van der Waals surface area contributed by atoms with Crippen LogP contribution in [0, 0.1) is 0 Å². The zero-order chi connectivity index (χ0) is 16.5. The third kappa shape index (κ3) is 2.59. The maximum atomic E-state index is 12.6. The van der Waals surface area contributed by atoms with Crippen LogP contribution in [0.1, 0.15) is 17.3 Å². The molecule has 0 bridgehead atoms. The Kier molecular flexibility index (Phi) is 3.82. The van der Waals surface area contributed by atoms with Crippen LogP contribution in [0.2, 0.25) is 0 Å². The highest BCUT2D eigenvalue weighted by Gasteiger charge is 2.15. The highest BCUT2D eigenvalue weighted by molar-refractivity contribution is 7.16. The van der Waals surface area contributed by atoms with Crippen LogP contribution in [0.3, 0.4) is 0 Å². The van der Waals surface area contributed by atoms with Gasteiger partial charge in [0.2, 0.25) is 0 Å². The molecule has 1 amide bonds. The summed E-state index contributed by atoms with van der Waals surface area (Å²) in [6, 6.07) is 13.3. The monoisotopic (exact) mass is 340 g/mol. The number of para-hydroxylation sites is 1. The van der Waals surface area contributed by atoms with E-state index in [2.05, 4.69) is 9.56 Å². The van der Waals surface area contributed by atoms with Gasteiger partial charge in [-0.3, -0.25) is 4.79 Å². The number of carbonyl (C=O) groups excluding carboxylic acids is 1. The minimum Gasteiger partial charge on any atom is -0.486 e. The van der Waals surface area contributed by atoms with Gasteiger partial charge in [0.1, 0.15) is 13.2 Å². The minimum absolute atomic E-state index is 0.277. The van der Waals surface area contributed by atoms with E-state index in [0.717, 1.165) is 16.8 Å². The van der Waals surface area contributed by atoms with Gasteiger partial charge in [-0.1, -0.05) is 23.5 Å². The number of ether oxygens (including phenoxy) is 2. The molecular weight excluding hydrogens is 324 g/mol. The van der Waals surface area contributed by atoms with Gasteiger partial charge in [0, 0.05) is 12.1 Å². The predicted octanol–water partition coefficient (Wildman–Crippen LogP) is 3.24. The molecule has 2 aromatic carbocycles. The Morgan fingerprint density at radius 2 is 1.96 bits per heavy atom. The van der Waals surface area contributed by atoms with Crippen LogP contribution >= 0.6 is 11.3 Å². The van der Waals surface area contributed by atoms with E-state index in [0.29, 0.717) is 35.1 Å². The summed E-state index contributed by atoms with van der Waals surface area (Å²) in [6.45, 7) is 3.83. The van der Waals surface area contributed by atoms with Crippen molar-refractivity contribution in [2.24, 2.45) is 4.99 Å². The number of hydrogen-bond donors (Lipinski definition) is 0. The highest BCUT2D eigenvalue weighted by atomic mass is 32.1. The van der Waals surface area contributed by atoms with Gasteiger partial charge in [0.15, 0.2) is 16.3 Å². The normalized spacial score (nSPS) is 14.1. The van der Waals surface area contributed by atoms with Crippen molar-refractivity contribution in [3.63, 3.8) is 0 Å². The van der Waals surface area contributed by atoms with Crippen molar-refractivity contribution in [2.75, 3.05) is 13.2 Å². The molecule has 1 aliphatic heterocycles. The molecule has 122 valence electrons. The SMILES string of the molecule is CCn1c(=NC(=O)c2ccc3c(c2)OCCO3)sc2ccccc21. The molecule has 4 rings (SSSR count). The minimum atomic E-state index is -0.277. The van der Waals surface area contributed by atoms with Gasteiger partial charge >= 0.3 is 0 Å².